The molecule has 1 saturated heterocycles. The molecule has 1 rings (SSSR count). The normalized spacial score (nSPS) is 31.8. The molecule has 0 amide bonds. The van der Waals surface area contributed by atoms with Gasteiger partial charge in [-0.1, -0.05) is 24.4 Å². The zero-order valence-corrected chi connectivity index (χ0v) is 9.13. The van der Waals surface area contributed by atoms with Crippen LogP contribution in [-0.4, -0.2) is 16.5 Å². The summed E-state index contributed by atoms with van der Waals surface area (Å²) in [4.78, 5) is 0. The molecule has 0 bridgehead atoms. The topological polar surface area (TPSA) is 9.23 Å². The zero-order valence-electron chi connectivity index (χ0n) is 6.86. The Labute approximate surface area is 88.3 Å². The fourth-order valence-electron chi connectivity index (χ4n) is 1.27. The maximum absolute atomic E-state index is 6.02. The zero-order chi connectivity index (χ0) is 9.03. The van der Waals surface area contributed by atoms with E-state index in [0.717, 1.165) is 32.3 Å². The second-order valence-corrected chi connectivity index (χ2v) is 5.28. The van der Waals surface area contributed by atoms with Gasteiger partial charge < -0.3 is 4.74 Å². The summed E-state index contributed by atoms with van der Waals surface area (Å²) >= 11 is 17.9. The Balaban J connectivity index is 2.44. The van der Waals surface area contributed by atoms with Crippen molar-refractivity contribution in [1.82, 2.24) is 0 Å². The van der Waals surface area contributed by atoms with E-state index in [1.165, 1.54) is 0 Å². The Hall–Kier alpha value is 0.830. The third-order valence-corrected chi connectivity index (χ3v) is 2.91. The second-order valence-electron chi connectivity index (χ2n) is 3.15. The standard InChI is InChI=1S/C8H13Cl3O/c9-7-6-8(10,11)4-2-1-3-5-12-7/h7H,1-6H2. The first-order chi connectivity index (χ1) is 5.60. The van der Waals surface area contributed by atoms with Gasteiger partial charge in [-0.15, -0.1) is 23.2 Å². The minimum atomic E-state index is -0.698. The molecule has 1 nitrogen and oxygen atoms in total. The molecule has 0 N–H and O–H groups in total. The third kappa shape index (κ3) is 4.18. The Morgan fingerprint density at radius 3 is 2.67 bits per heavy atom. The smallest absolute Gasteiger partial charge is 0.134 e. The van der Waals surface area contributed by atoms with Crippen LogP contribution in [0.15, 0.2) is 0 Å². The van der Waals surface area contributed by atoms with Crippen LogP contribution in [0.5, 0.6) is 0 Å². The van der Waals surface area contributed by atoms with Crippen molar-refractivity contribution >= 4 is 34.8 Å². The highest BCUT2D eigenvalue weighted by Gasteiger charge is 2.28. The van der Waals surface area contributed by atoms with Gasteiger partial charge in [0.05, 0.1) is 0 Å². The van der Waals surface area contributed by atoms with E-state index in [1.54, 1.807) is 0 Å². The number of halogens is 3. The largest absolute Gasteiger partial charge is 0.362 e. The lowest BCUT2D eigenvalue weighted by Gasteiger charge is -2.20. The molecule has 0 aromatic rings. The number of hydrogen-bond donors (Lipinski definition) is 0. The molecule has 0 aromatic carbocycles. The van der Waals surface area contributed by atoms with Crippen molar-refractivity contribution in [3.8, 4) is 0 Å². The van der Waals surface area contributed by atoms with E-state index >= 15 is 0 Å². The molecule has 0 aliphatic carbocycles. The average molecular weight is 232 g/mol. The van der Waals surface area contributed by atoms with E-state index in [-0.39, 0.29) is 5.56 Å². The lowest BCUT2D eigenvalue weighted by Crippen LogP contribution is -2.19. The van der Waals surface area contributed by atoms with Crippen molar-refractivity contribution in [2.45, 2.75) is 42.0 Å². The van der Waals surface area contributed by atoms with Crippen LogP contribution in [0.25, 0.3) is 0 Å². The summed E-state index contributed by atoms with van der Waals surface area (Å²) in [6, 6.07) is 0. The number of rotatable bonds is 0. The van der Waals surface area contributed by atoms with Crippen molar-refractivity contribution in [2.75, 3.05) is 6.61 Å². The molecule has 1 aliphatic rings. The molecule has 1 heterocycles. The maximum atomic E-state index is 6.02. The van der Waals surface area contributed by atoms with Crippen LogP contribution < -0.4 is 0 Å². The molecular formula is C8H13Cl3O. The maximum Gasteiger partial charge on any atom is 0.134 e. The van der Waals surface area contributed by atoms with E-state index in [0.29, 0.717) is 6.42 Å². The Bertz CT molecular complexity index is 138. The van der Waals surface area contributed by atoms with Crippen LogP contribution in [0, 0.1) is 0 Å². The summed E-state index contributed by atoms with van der Waals surface area (Å²) in [5.41, 5.74) is -0.335. The number of hydrogen-bond acceptors (Lipinski definition) is 1. The summed E-state index contributed by atoms with van der Waals surface area (Å²) in [7, 11) is 0. The molecule has 1 atom stereocenters. The minimum absolute atomic E-state index is 0.335. The summed E-state index contributed by atoms with van der Waals surface area (Å²) in [6.07, 6.45) is 4.54. The number of alkyl halides is 3. The van der Waals surface area contributed by atoms with Gasteiger partial charge >= 0.3 is 0 Å². The quantitative estimate of drug-likeness (QED) is 0.578. The first kappa shape index (κ1) is 10.9. The van der Waals surface area contributed by atoms with Crippen molar-refractivity contribution < 1.29 is 4.74 Å². The Morgan fingerprint density at radius 2 is 1.92 bits per heavy atom. The highest BCUT2D eigenvalue weighted by Crippen LogP contribution is 2.35. The van der Waals surface area contributed by atoms with Gasteiger partial charge in [-0.05, 0) is 12.8 Å². The Kier molecular flexibility index (Phi) is 4.45. The molecule has 1 aliphatic heterocycles. The monoisotopic (exact) mass is 230 g/mol. The van der Waals surface area contributed by atoms with Gasteiger partial charge in [-0.3, -0.25) is 0 Å². The van der Waals surface area contributed by atoms with Crippen molar-refractivity contribution in [2.24, 2.45) is 0 Å². The SMILES string of the molecule is ClC1CC(Cl)(Cl)CCCCCO1. The van der Waals surface area contributed by atoms with Crippen LogP contribution in [0.3, 0.4) is 0 Å². The van der Waals surface area contributed by atoms with Gasteiger partial charge in [0.15, 0.2) is 0 Å². The van der Waals surface area contributed by atoms with Gasteiger partial charge in [0.1, 0.15) is 9.90 Å². The first-order valence-electron chi connectivity index (χ1n) is 4.24. The molecule has 0 saturated carbocycles. The van der Waals surface area contributed by atoms with E-state index in [1.807, 2.05) is 0 Å². The Morgan fingerprint density at radius 1 is 1.17 bits per heavy atom. The molecule has 1 unspecified atom stereocenters. The molecule has 0 radical (unpaired) electrons. The number of ether oxygens (including phenoxy) is 1. The van der Waals surface area contributed by atoms with Gasteiger partial charge in [-0.25, -0.2) is 0 Å². The lowest BCUT2D eigenvalue weighted by atomic mass is 10.1. The molecule has 1 fully saturated rings. The van der Waals surface area contributed by atoms with E-state index in [4.69, 9.17) is 39.5 Å². The van der Waals surface area contributed by atoms with Crippen LogP contribution in [0.1, 0.15) is 32.1 Å². The van der Waals surface area contributed by atoms with Gasteiger partial charge in [0.2, 0.25) is 0 Å². The molecule has 12 heavy (non-hydrogen) atoms. The van der Waals surface area contributed by atoms with Crippen LogP contribution in [-0.2, 0) is 4.74 Å². The van der Waals surface area contributed by atoms with Crippen molar-refractivity contribution in [3.05, 3.63) is 0 Å². The molecule has 72 valence electrons. The fraction of sp³-hybridized carbons (Fsp3) is 1.00. The summed E-state index contributed by atoms with van der Waals surface area (Å²) in [5, 5.41) is 0. The van der Waals surface area contributed by atoms with Gasteiger partial charge in [-0.2, -0.15) is 0 Å². The predicted molar refractivity (Wildman–Crippen MR) is 53.1 cm³/mol. The van der Waals surface area contributed by atoms with Gasteiger partial charge in [0.25, 0.3) is 0 Å². The first-order valence-corrected chi connectivity index (χ1v) is 5.43. The summed E-state index contributed by atoms with van der Waals surface area (Å²) < 4.78 is 4.60. The third-order valence-electron chi connectivity index (χ3n) is 1.94. The molecular weight excluding hydrogens is 218 g/mol. The average Bonchev–Trinajstić information content (AvgIpc) is 1.99. The molecule has 0 aromatic heterocycles. The molecule has 4 heteroatoms. The van der Waals surface area contributed by atoms with Gasteiger partial charge in [0, 0.05) is 13.0 Å². The predicted octanol–water partition coefficient (Wildman–Crippen LogP) is 3.71. The van der Waals surface area contributed by atoms with E-state index in [2.05, 4.69) is 0 Å². The van der Waals surface area contributed by atoms with Crippen molar-refractivity contribution in [1.29, 1.82) is 0 Å². The fourth-order valence-corrected chi connectivity index (χ4v) is 2.33. The van der Waals surface area contributed by atoms with E-state index < -0.39 is 4.33 Å². The van der Waals surface area contributed by atoms with Crippen LogP contribution in [0.2, 0.25) is 0 Å². The second kappa shape index (κ2) is 4.90. The van der Waals surface area contributed by atoms with Crippen molar-refractivity contribution in [3.63, 3.8) is 0 Å². The van der Waals surface area contributed by atoms with E-state index in [9.17, 15) is 0 Å². The van der Waals surface area contributed by atoms with Crippen LogP contribution >= 0.6 is 34.8 Å². The van der Waals surface area contributed by atoms with Crippen LogP contribution in [0.4, 0.5) is 0 Å². The minimum Gasteiger partial charge on any atom is -0.362 e. The molecule has 0 spiro atoms. The summed E-state index contributed by atoms with van der Waals surface area (Å²) in [6.45, 7) is 0.720. The highest BCUT2D eigenvalue weighted by atomic mass is 35.5. The lowest BCUT2D eigenvalue weighted by molar-refractivity contribution is 0.0999. The highest BCUT2D eigenvalue weighted by molar-refractivity contribution is 6.48. The summed E-state index contributed by atoms with van der Waals surface area (Å²) in [5.74, 6) is 0.